The van der Waals surface area contributed by atoms with Crippen LogP contribution in [0.4, 0.5) is 5.88 Å². The number of aromatic nitrogens is 2. The number of nitrogens with one attached hydrogen (secondary N) is 1. The second-order valence-electron chi connectivity index (χ2n) is 2.65. The van der Waals surface area contributed by atoms with Gasteiger partial charge in [-0.05, 0) is 12.1 Å². The summed E-state index contributed by atoms with van der Waals surface area (Å²) < 4.78 is 6.07. The van der Waals surface area contributed by atoms with Crippen molar-refractivity contribution in [3.63, 3.8) is 0 Å². The average molecular weight is 192 g/mol. The third-order valence-electron chi connectivity index (χ3n) is 1.60. The van der Waals surface area contributed by atoms with Gasteiger partial charge in [0.05, 0.1) is 0 Å². The van der Waals surface area contributed by atoms with Gasteiger partial charge in [-0.3, -0.25) is 14.9 Å². The highest BCUT2D eigenvalue weighted by atomic mass is 16.5. The van der Waals surface area contributed by atoms with Crippen molar-refractivity contribution < 1.29 is 9.32 Å². The minimum atomic E-state index is -0.373. The average Bonchev–Trinajstić information content (AvgIpc) is 2.75. The Kier molecular flexibility index (Phi) is 1.94. The van der Waals surface area contributed by atoms with Crippen LogP contribution in [-0.2, 0) is 0 Å². The highest BCUT2D eigenvalue weighted by Gasteiger charge is 2.10. The van der Waals surface area contributed by atoms with Gasteiger partial charge in [-0.1, -0.05) is 5.16 Å². The lowest BCUT2D eigenvalue weighted by Crippen LogP contribution is -2.21. The number of carbonyl (C=O) groups is 1. The summed E-state index contributed by atoms with van der Waals surface area (Å²) in [6, 6.07) is 4.94. The molecule has 0 saturated carbocycles. The van der Waals surface area contributed by atoms with E-state index in [9.17, 15) is 4.79 Å². The third-order valence-corrected chi connectivity index (χ3v) is 1.60. The van der Waals surface area contributed by atoms with E-state index in [4.69, 9.17) is 5.73 Å². The van der Waals surface area contributed by atoms with Gasteiger partial charge in [0, 0.05) is 18.5 Å². The van der Waals surface area contributed by atoms with Crippen LogP contribution in [0.3, 0.4) is 0 Å². The Morgan fingerprint density at radius 2 is 2.21 bits per heavy atom. The molecule has 2 aromatic heterocycles. The number of nitrogens with zero attached hydrogens (tertiary/aromatic N) is 2. The minimum absolute atomic E-state index is 0.114. The van der Waals surface area contributed by atoms with Crippen molar-refractivity contribution in [1.82, 2.24) is 9.83 Å². The second kappa shape index (κ2) is 3.25. The van der Waals surface area contributed by atoms with E-state index in [1.54, 1.807) is 24.5 Å². The summed E-state index contributed by atoms with van der Waals surface area (Å²) in [4.78, 5) is 11.4. The fourth-order valence-electron chi connectivity index (χ4n) is 0.980. The number of carbonyl (C=O) groups excluding carboxylic acids is 1. The Bertz CT molecular complexity index is 432. The zero-order chi connectivity index (χ0) is 9.97. The molecular formula is C8H8N4O2. The van der Waals surface area contributed by atoms with Crippen LogP contribution in [-0.4, -0.2) is 15.7 Å². The van der Waals surface area contributed by atoms with E-state index in [2.05, 4.69) is 15.1 Å². The molecule has 0 atom stereocenters. The standard InChI is InChI=1S/C8H8N4O2/c9-7-5-6(11-14-7)8(13)10-12-3-1-2-4-12/h1-5H,9H2,(H,10,13). The predicted molar refractivity (Wildman–Crippen MR) is 49.0 cm³/mol. The summed E-state index contributed by atoms with van der Waals surface area (Å²) >= 11 is 0. The van der Waals surface area contributed by atoms with Crippen molar-refractivity contribution in [2.75, 3.05) is 11.2 Å². The Balaban J connectivity index is 2.10. The van der Waals surface area contributed by atoms with Crippen LogP contribution in [0, 0.1) is 0 Å². The molecule has 3 N–H and O–H groups in total. The van der Waals surface area contributed by atoms with Crippen molar-refractivity contribution in [3.05, 3.63) is 36.3 Å². The monoisotopic (exact) mass is 192 g/mol. The lowest BCUT2D eigenvalue weighted by atomic mass is 10.4. The molecule has 0 spiro atoms. The molecule has 6 heteroatoms. The lowest BCUT2D eigenvalue weighted by molar-refractivity contribution is 0.0999. The van der Waals surface area contributed by atoms with Gasteiger partial charge in [0.25, 0.3) is 5.91 Å². The molecule has 0 aromatic carbocycles. The Morgan fingerprint density at radius 1 is 1.50 bits per heavy atom. The Labute approximate surface area is 79.3 Å². The molecule has 0 aliphatic heterocycles. The SMILES string of the molecule is Nc1cc(C(=O)Nn2cccc2)no1. The Morgan fingerprint density at radius 3 is 2.79 bits per heavy atom. The van der Waals surface area contributed by atoms with E-state index in [0.717, 1.165) is 0 Å². The number of hydrogen-bond acceptors (Lipinski definition) is 4. The maximum atomic E-state index is 11.4. The molecular weight excluding hydrogens is 184 g/mol. The first-order chi connectivity index (χ1) is 6.75. The van der Waals surface area contributed by atoms with Gasteiger partial charge >= 0.3 is 0 Å². The first-order valence-corrected chi connectivity index (χ1v) is 3.92. The van der Waals surface area contributed by atoms with Crippen LogP contribution in [0.1, 0.15) is 10.5 Å². The molecule has 72 valence electrons. The van der Waals surface area contributed by atoms with Gasteiger partial charge in [0.1, 0.15) is 0 Å². The first-order valence-electron chi connectivity index (χ1n) is 3.92. The molecule has 0 fully saturated rings. The van der Waals surface area contributed by atoms with Crippen LogP contribution < -0.4 is 11.2 Å². The molecule has 14 heavy (non-hydrogen) atoms. The molecule has 1 amide bonds. The Hall–Kier alpha value is -2.24. The fraction of sp³-hybridized carbons (Fsp3) is 0. The number of rotatable bonds is 2. The fourth-order valence-corrected chi connectivity index (χ4v) is 0.980. The molecule has 0 radical (unpaired) electrons. The summed E-state index contributed by atoms with van der Waals surface area (Å²) in [6.45, 7) is 0. The number of nitrogens with two attached hydrogens (primary N) is 1. The van der Waals surface area contributed by atoms with E-state index in [-0.39, 0.29) is 17.5 Å². The molecule has 2 aromatic rings. The van der Waals surface area contributed by atoms with E-state index in [1.807, 2.05) is 0 Å². The molecule has 6 nitrogen and oxygen atoms in total. The van der Waals surface area contributed by atoms with E-state index in [0.29, 0.717) is 0 Å². The molecule has 0 bridgehead atoms. The number of anilines is 1. The van der Waals surface area contributed by atoms with Crippen molar-refractivity contribution in [2.45, 2.75) is 0 Å². The quantitative estimate of drug-likeness (QED) is 0.722. The summed E-state index contributed by atoms with van der Waals surface area (Å²) in [5, 5.41) is 3.47. The number of hydrogen-bond donors (Lipinski definition) is 2. The van der Waals surface area contributed by atoms with E-state index in [1.165, 1.54) is 10.7 Å². The normalized spacial score (nSPS) is 10.0. The van der Waals surface area contributed by atoms with Crippen molar-refractivity contribution in [1.29, 1.82) is 0 Å². The van der Waals surface area contributed by atoms with Crippen LogP contribution in [0.5, 0.6) is 0 Å². The lowest BCUT2D eigenvalue weighted by Gasteiger charge is -2.01. The van der Waals surface area contributed by atoms with Crippen LogP contribution >= 0.6 is 0 Å². The third kappa shape index (κ3) is 1.58. The first kappa shape index (κ1) is 8.36. The molecule has 0 saturated heterocycles. The van der Waals surface area contributed by atoms with Crippen LogP contribution in [0.15, 0.2) is 35.1 Å². The van der Waals surface area contributed by atoms with Crippen LogP contribution in [0.2, 0.25) is 0 Å². The zero-order valence-corrected chi connectivity index (χ0v) is 7.18. The number of amides is 1. The molecule has 2 rings (SSSR count). The van der Waals surface area contributed by atoms with E-state index < -0.39 is 0 Å². The van der Waals surface area contributed by atoms with Gasteiger partial charge < -0.3 is 10.3 Å². The van der Waals surface area contributed by atoms with Crippen molar-refractivity contribution >= 4 is 11.8 Å². The summed E-state index contributed by atoms with van der Waals surface area (Å²) in [5.74, 6) is -0.260. The van der Waals surface area contributed by atoms with Gasteiger partial charge in [0.15, 0.2) is 5.69 Å². The molecule has 0 aliphatic rings. The highest BCUT2D eigenvalue weighted by Crippen LogP contribution is 2.04. The van der Waals surface area contributed by atoms with Crippen LogP contribution in [0.25, 0.3) is 0 Å². The molecule has 0 aliphatic carbocycles. The second-order valence-corrected chi connectivity index (χ2v) is 2.65. The molecule has 0 unspecified atom stereocenters. The molecule has 2 heterocycles. The minimum Gasteiger partial charge on any atom is -0.368 e. The maximum absolute atomic E-state index is 11.4. The smallest absolute Gasteiger partial charge is 0.292 e. The van der Waals surface area contributed by atoms with Gasteiger partial charge in [-0.2, -0.15) is 0 Å². The number of nitrogen functional groups attached to an aromatic ring is 1. The van der Waals surface area contributed by atoms with Crippen molar-refractivity contribution in [3.8, 4) is 0 Å². The maximum Gasteiger partial charge on any atom is 0.292 e. The van der Waals surface area contributed by atoms with Gasteiger partial charge in [-0.15, -0.1) is 0 Å². The zero-order valence-electron chi connectivity index (χ0n) is 7.18. The summed E-state index contributed by atoms with van der Waals surface area (Å²) in [7, 11) is 0. The van der Waals surface area contributed by atoms with Gasteiger partial charge in [0.2, 0.25) is 5.88 Å². The van der Waals surface area contributed by atoms with Gasteiger partial charge in [-0.25, -0.2) is 0 Å². The largest absolute Gasteiger partial charge is 0.368 e. The van der Waals surface area contributed by atoms with Crippen molar-refractivity contribution in [2.24, 2.45) is 0 Å². The van der Waals surface area contributed by atoms with E-state index >= 15 is 0 Å². The summed E-state index contributed by atoms with van der Waals surface area (Å²) in [5.41, 5.74) is 7.97. The topological polar surface area (TPSA) is 86.1 Å². The highest BCUT2D eigenvalue weighted by molar-refractivity contribution is 5.98. The summed E-state index contributed by atoms with van der Waals surface area (Å²) in [6.07, 6.45) is 3.39. The predicted octanol–water partition coefficient (Wildman–Crippen LogP) is 0.442.